The van der Waals surface area contributed by atoms with E-state index in [0.717, 1.165) is 6.42 Å². The van der Waals surface area contributed by atoms with Crippen molar-refractivity contribution in [3.05, 3.63) is 22.9 Å². The van der Waals surface area contributed by atoms with Crippen LogP contribution in [0.5, 0.6) is 0 Å². The molecule has 1 aliphatic rings. The van der Waals surface area contributed by atoms with Crippen molar-refractivity contribution in [3.8, 4) is 0 Å². The SMILES string of the molecule is CN[C@H]1CCN(S(=O)(=O)c2cncc(Br)c2)C1. The van der Waals surface area contributed by atoms with Crippen LogP contribution in [-0.2, 0) is 10.0 Å². The molecule has 0 radical (unpaired) electrons. The molecule has 1 fully saturated rings. The molecule has 0 aliphatic carbocycles. The Bertz CT molecular complexity index is 506. The molecule has 0 amide bonds. The second-order valence-corrected chi connectivity index (χ2v) is 6.83. The second kappa shape index (κ2) is 5.01. The number of halogens is 1. The topological polar surface area (TPSA) is 62.3 Å². The van der Waals surface area contributed by atoms with Crippen molar-refractivity contribution < 1.29 is 8.42 Å². The van der Waals surface area contributed by atoms with Crippen molar-refractivity contribution in [2.45, 2.75) is 17.4 Å². The summed E-state index contributed by atoms with van der Waals surface area (Å²) in [7, 11) is -1.55. The van der Waals surface area contributed by atoms with Gasteiger partial charge in [0.15, 0.2) is 0 Å². The van der Waals surface area contributed by atoms with Crippen LogP contribution in [-0.4, -0.2) is 43.9 Å². The highest BCUT2D eigenvalue weighted by Crippen LogP contribution is 2.22. The van der Waals surface area contributed by atoms with Gasteiger partial charge in [-0.1, -0.05) is 0 Å². The van der Waals surface area contributed by atoms with E-state index >= 15 is 0 Å². The van der Waals surface area contributed by atoms with E-state index < -0.39 is 10.0 Å². The third kappa shape index (κ3) is 2.67. The monoisotopic (exact) mass is 319 g/mol. The average molecular weight is 320 g/mol. The van der Waals surface area contributed by atoms with Crippen molar-refractivity contribution in [3.63, 3.8) is 0 Å². The van der Waals surface area contributed by atoms with Crippen LogP contribution in [0.1, 0.15) is 6.42 Å². The van der Waals surface area contributed by atoms with Crippen LogP contribution in [0.15, 0.2) is 27.8 Å². The maximum Gasteiger partial charge on any atom is 0.244 e. The minimum absolute atomic E-state index is 0.239. The number of likely N-dealkylation sites (N-methyl/N-ethyl adjacent to an activating group) is 1. The molecule has 0 aromatic carbocycles. The summed E-state index contributed by atoms with van der Waals surface area (Å²) in [5, 5.41) is 3.10. The molecule has 5 nitrogen and oxygen atoms in total. The lowest BCUT2D eigenvalue weighted by atomic mass is 10.3. The molecule has 0 saturated carbocycles. The average Bonchev–Trinajstić information content (AvgIpc) is 2.78. The number of pyridine rings is 1. The van der Waals surface area contributed by atoms with E-state index in [2.05, 4.69) is 26.2 Å². The maximum atomic E-state index is 12.3. The quantitative estimate of drug-likeness (QED) is 0.896. The lowest BCUT2D eigenvalue weighted by Gasteiger charge is -2.16. The fraction of sp³-hybridized carbons (Fsp3) is 0.500. The van der Waals surface area contributed by atoms with E-state index in [-0.39, 0.29) is 10.9 Å². The minimum atomic E-state index is -3.40. The molecule has 7 heteroatoms. The van der Waals surface area contributed by atoms with Crippen LogP contribution in [0.2, 0.25) is 0 Å². The largest absolute Gasteiger partial charge is 0.316 e. The molecule has 2 rings (SSSR count). The van der Waals surface area contributed by atoms with Crippen molar-refractivity contribution in [1.82, 2.24) is 14.6 Å². The zero-order chi connectivity index (χ0) is 12.5. The number of rotatable bonds is 3. The van der Waals surface area contributed by atoms with Gasteiger partial charge in [-0.25, -0.2) is 8.42 Å². The van der Waals surface area contributed by atoms with E-state index in [1.807, 2.05) is 7.05 Å². The van der Waals surface area contributed by atoms with Gasteiger partial charge in [-0.15, -0.1) is 0 Å². The first kappa shape index (κ1) is 12.9. The first-order valence-corrected chi connectivity index (χ1v) is 7.55. The summed E-state index contributed by atoms with van der Waals surface area (Å²) in [5.41, 5.74) is 0. The molecule has 94 valence electrons. The molecular weight excluding hydrogens is 306 g/mol. The Morgan fingerprint density at radius 1 is 1.53 bits per heavy atom. The Balaban J connectivity index is 2.25. The summed E-state index contributed by atoms with van der Waals surface area (Å²) >= 11 is 3.23. The van der Waals surface area contributed by atoms with Gasteiger partial charge in [0.2, 0.25) is 10.0 Å². The Kier molecular flexibility index (Phi) is 3.82. The van der Waals surface area contributed by atoms with E-state index in [1.165, 1.54) is 10.5 Å². The molecule has 2 heterocycles. The molecule has 1 atom stereocenters. The summed E-state index contributed by atoms with van der Waals surface area (Å²) in [6, 6.07) is 1.82. The highest BCUT2D eigenvalue weighted by Gasteiger charge is 2.32. The highest BCUT2D eigenvalue weighted by atomic mass is 79.9. The van der Waals surface area contributed by atoms with Gasteiger partial charge >= 0.3 is 0 Å². The molecule has 0 bridgehead atoms. The summed E-state index contributed by atoms with van der Waals surface area (Å²) < 4.78 is 26.7. The molecular formula is C10H14BrN3O2S. The normalized spacial score (nSPS) is 21.9. The van der Waals surface area contributed by atoms with Crippen LogP contribution < -0.4 is 5.32 Å². The van der Waals surface area contributed by atoms with Crippen LogP contribution in [0, 0.1) is 0 Å². The van der Waals surface area contributed by atoms with Crippen LogP contribution in [0.3, 0.4) is 0 Å². The van der Waals surface area contributed by atoms with Crippen molar-refractivity contribution >= 4 is 26.0 Å². The molecule has 1 saturated heterocycles. The van der Waals surface area contributed by atoms with Crippen LogP contribution in [0.4, 0.5) is 0 Å². The van der Waals surface area contributed by atoms with Crippen LogP contribution in [0.25, 0.3) is 0 Å². The fourth-order valence-corrected chi connectivity index (χ4v) is 3.87. The number of sulfonamides is 1. The Labute approximate surface area is 109 Å². The predicted molar refractivity (Wildman–Crippen MR) is 68.2 cm³/mol. The zero-order valence-corrected chi connectivity index (χ0v) is 11.8. The third-order valence-corrected chi connectivity index (χ3v) is 5.14. The number of hydrogen-bond donors (Lipinski definition) is 1. The molecule has 0 unspecified atom stereocenters. The molecule has 0 spiro atoms. The fourth-order valence-electron chi connectivity index (χ4n) is 1.86. The first-order chi connectivity index (χ1) is 8.04. The molecule has 1 aliphatic heterocycles. The van der Waals surface area contributed by atoms with E-state index in [4.69, 9.17) is 0 Å². The van der Waals surface area contributed by atoms with Crippen LogP contribution >= 0.6 is 15.9 Å². The minimum Gasteiger partial charge on any atom is -0.316 e. The zero-order valence-electron chi connectivity index (χ0n) is 9.43. The molecule has 1 N–H and O–H groups in total. The van der Waals surface area contributed by atoms with E-state index in [0.29, 0.717) is 17.6 Å². The third-order valence-electron chi connectivity index (χ3n) is 2.88. The predicted octanol–water partition coefficient (Wildman–Crippen LogP) is 0.827. The van der Waals surface area contributed by atoms with Crippen molar-refractivity contribution in [2.75, 3.05) is 20.1 Å². The number of nitrogens with zero attached hydrogens (tertiary/aromatic N) is 2. The summed E-state index contributed by atoms with van der Waals surface area (Å²) in [5.74, 6) is 0. The maximum absolute atomic E-state index is 12.3. The van der Waals surface area contributed by atoms with Crippen molar-refractivity contribution in [2.24, 2.45) is 0 Å². The van der Waals surface area contributed by atoms with Gasteiger partial charge in [0.25, 0.3) is 0 Å². The second-order valence-electron chi connectivity index (χ2n) is 3.98. The van der Waals surface area contributed by atoms with Gasteiger partial charge in [-0.2, -0.15) is 4.31 Å². The Hall–Kier alpha value is -0.500. The van der Waals surface area contributed by atoms with Gasteiger partial charge in [-0.05, 0) is 35.5 Å². The van der Waals surface area contributed by atoms with Gasteiger partial charge in [0.1, 0.15) is 4.90 Å². The van der Waals surface area contributed by atoms with Gasteiger partial charge < -0.3 is 5.32 Å². The molecule has 1 aromatic heterocycles. The Morgan fingerprint density at radius 3 is 2.88 bits per heavy atom. The van der Waals surface area contributed by atoms with E-state index in [1.54, 1.807) is 12.3 Å². The highest BCUT2D eigenvalue weighted by molar-refractivity contribution is 9.10. The smallest absolute Gasteiger partial charge is 0.244 e. The van der Waals surface area contributed by atoms with Gasteiger partial charge in [0, 0.05) is 36.0 Å². The van der Waals surface area contributed by atoms with Crippen molar-refractivity contribution in [1.29, 1.82) is 0 Å². The van der Waals surface area contributed by atoms with Gasteiger partial charge in [0.05, 0.1) is 0 Å². The lowest BCUT2D eigenvalue weighted by molar-refractivity contribution is 0.464. The van der Waals surface area contributed by atoms with Gasteiger partial charge in [-0.3, -0.25) is 4.98 Å². The number of aromatic nitrogens is 1. The molecule has 17 heavy (non-hydrogen) atoms. The standard InChI is InChI=1S/C10H14BrN3O2S/c1-12-9-2-3-14(7-9)17(15,16)10-4-8(11)5-13-6-10/h4-6,9,12H,2-3,7H2,1H3/t9-/m0/s1. The summed E-state index contributed by atoms with van der Waals surface area (Å²) in [6.45, 7) is 1.08. The first-order valence-electron chi connectivity index (χ1n) is 5.32. The van der Waals surface area contributed by atoms with E-state index in [9.17, 15) is 8.42 Å². The summed E-state index contributed by atoms with van der Waals surface area (Å²) in [6.07, 6.45) is 3.80. The number of nitrogens with one attached hydrogen (secondary N) is 1. The molecule has 1 aromatic rings. The lowest BCUT2D eigenvalue weighted by Crippen LogP contribution is -2.33. The Morgan fingerprint density at radius 2 is 2.29 bits per heavy atom. The summed E-state index contributed by atoms with van der Waals surface area (Å²) in [4.78, 5) is 4.13. The number of hydrogen-bond acceptors (Lipinski definition) is 4.